The van der Waals surface area contributed by atoms with Crippen molar-refractivity contribution in [1.29, 1.82) is 0 Å². The summed E-state index contributed by atoms with van der Waals surface area (Å²) in [5.41, 5.74) is 3.69. The molecule has 2 amide bonds. The summed E-state index contributed by atoms with van der Waals surface area (Å²) in [4.78, 5) is 26.4. The predicted molar refractivity (Wildman–Crippen MR) is 139 cm³/mol. The molecule has 36 heavy (non-hydrogen) atoms. The molecule has 5 rings (SSSR count). The van der Waals surface area contributed by atoms with E-state index in [0.29, 0.717) is 28.4 Å². The largest absolute Gasteiger partial charge is 0.481 e. The number of carbonyl (C=O) groups is 2. The van der Waals surface area contributed by atoms with Crippen molar-refractivity contribution < 1.29 is 19.1 Å². The lowest BCUT2D eigenvalue weighted by atomic mass is 9.85. The van der Waals surface area contributed by atoms with Crippen LogP contribution in [-0.2, 0) is 9.59 Å². The number of allylic oxidation sites excluding steroid dienone is 3. The average Bonchev–Trinajstić information content (AvgIpc) is 3.18. The summed E-state index contributed by atoms with van der Waals surface area (Å²) < 4.78 is 12.5. The molecule has 1 aliphatic carbocycles. The molecule has 1 N–H and O–H groups in total. The molecule has 178 valence electrons. The highest BCUT2D eigenvalue weighted by atomic mass is 16.5. The minimum atomic E-state index is -0.564. The summed E-state index contributed by atoms with van der Waals surface area (Å²) >= 11 is 0. The van der Waals surface area contributed by atoms with Gasteiger partial charge < -0.3 is 9.47 Å². The van der Waals surface area contributed by atoms with Crippen molar-refractivity contribution in [2.45, 2.75) is 20.0 Å². The van der Waals surface area contributed by atoms with Crippen molar-refractivity contribution in [3.05, 3.63) is 131 Å². The van der Waals surface area contributed by atoms with Crippen molar-refractivity contribution in [3.63, 3.8) is 0 Å². The van der Waals surface area contributed by atoms with Crippen molar-refractivity contribution in [2.75, 3.05) is 0 Å². The Balaban J connectivity index is 1.65. The van der Waals surface area contributed by atoms with Crippen LogP contribution in [-0.4, -0.2) is 17.9 Å². The maximum Gasteiger partial charge on any atom is 0.259 e. The third kappa shape index (κ3) is 4.51. The number of amides is 2. The first-order valence-electron chi connectivity index (χ1n) is 11.7. The van der Waals surface area contributed by atoms with Crippen LogP contribution in [0.2, 0.25) is 0 Å². The normalized spacial score (nSPS) is 17.1. The quantitative estimate of drug-likeness (QED) is 0.433. The first-order valence-corrected chi connectivity index (χ1v) is 11.7. The molecule has 0 fully saturated rings. The number of nitrogens with one attached hydrogen (secondary N) is 1. The monoisotopic (exact) mass is 475 g/mol. The van der Waals surface area contributed by atoms with Gasteiger partial charge in [-0.05, 0) is 49.8 Å². The van der Waals surface area contributed by atoms with Gasteiger partial charge in [-0.25, -0.2) is 0 Å². The Morgan fingerprint density at radius 3 is 2.06 bits per heavy atom. The molecule has 1 atom stereocenters. The topological polar surface area (TPSA) is 64.6 Å². The van der Waals surface area contributed by atoms with Crippen LogP contribution in [0.4, 0.5) is 0 Å². The van der Waals surface area contributed by atoms with Crippen molar-refractivity contribution in [3.8, 4) is 17.2 Å². The van der Waals surface area contributed by atoms with Gasteiger partial charge in [-0.2, -0.15) is 0 Å². The second kappa shape index (κ2) is 9.92. The van der Waals surface area contributed by atoms with Gasteiger partial charge in [-0.15, -0.1) is 0 Å². The van der Waals surface area contributed by atoms with Gasteiger partial charge in [0.25, 0.3) is 11.8 Å². The van der Waals surface area contributed by atoms with E-state index in [1.54, 1.807) is 12.1 Å². The molecular formula is C31H25NO4. The lowest BCUT2D eigenvalue weighted by Gasteiger charge is -2.27. The zero-order chi connectivity index (χ0) is 25.1. The van der Waals surface area contributed by atoms with Crippen LogP contribution in [0.5, 0.6) is 17.2 Å². The second-order valence-corrected chi connectivity index (χ2v) is 8.69. The van der Waals surface area contributed by atoms with Gasteiger partial charge in [0.1, 0.15) is 23.4 Å². The zero-order valence-electron chi connectivity index (χ0n) is 20.0. The van der Waals surface area contributed by atoms with E-state index in [9.17, 15) is 9.59 Å². The average molecular weight is 476 g/mol. The highest BCUT2D eigenvalue weighted by Gasteiger charge is 2.39. The molecular weight excluding hydrogens is 450 g/mol. The van der Waals surface area contributed by atoms with E-state index >= 15 is 0 Å². The highest BCUT2D eigenvalue weighted by Crippen LogP contribution is 2.40. The lowest BCUT2D eigenvalue weighted by Crippen LogP contribution is -2.29. The number of ether oxygens (including phenoxy) is 2. The van der Waals surface area contributed by atoms with Crippen LogP contribution in [0.3, 0.4) is 0 Å². The molecule has 3 aromatic carbocycles. The Hall–Kier alpha value is -4.64. The van der Waals surface area contributed by atoms with E-state index in [1.807, 2.05) is 105 Å². The number of imide groups is 1. The first kappa shape index (κ1) is 23.1. The Bertz CT molecular complexity index is 1440. The molecule has 0 radical (unpaired) electrons. The van der Waals surface area contributed by atoms with Crippen LogP contribution >= 0.6 is 0 Å². The summed E-state index contributed by atoms with van der Waals surface area (Å²) in [6.07, 6.45) is 5.14. The number of carbonyl (C=O) groups excluding carboxylic acids is 2. The van der Waals surface area contributed by atoms with Gasteiger partial charge in [-0.1, -0.05) is 78.4 Å². The maximum atomic E-state index is 13.2. The molecule has 1 heterocycles. The SMILES string of the molecule is CC(C)=C1C=CC=C(C2=C(c3ccccc3Oc3ccccc3)C(=O)NC2=O)C1Oc1ccccc1. The Labute approximate surface area is 210 Å². The van der Waals surface area contributed by atoms with Crippen LogP contribution < -0.4 is 14.8 Å². The fraction of sp³-hybridized carbons (Fsp3) is 0.0968. The predicted octanol–water partition coefficient (Wildman–Crippen LogP) is 6.17. The van der Waals surface area contributed by atoms with E-state index in [-0.39, 0.29) is 11.1 Å². The minimum Gasteiger partial charge on any atom is -0.481 e. The van der Waals surface area contributed by atoms with Crippen LogP contribution in [0, 0.1) is 0 Å². The fourth-order valence-corrected chi connectivity index (χ4v) is 4.37. The number of rotatable bonds is 6. The smallest absolute Gasteiger partial charge is 0.259 e. The van der Waals surface area contributed by atoms with Gasteiger partial charge in [0, 0.05) is 11.1 Å². The van der Waals surface area contributed by atoms with Gasteiger partial charge in [-0.3, -0.25) is 14.9 Å². The van der Waals surface area contributed by atoms with E-state index in [0.717, 1.165) is 11.1 Å². The summed E-state index contributed by atoms with van der Waals surface area (Å²) in [6.45, 7) is 4.00. The van der Waals surface area contributed by atoms with E-state index in [4.69, 9.17) is 9.47 Å². The van der Waals surface area contributed by atoms with Gasteiger partial charge in [0.05, 0.1) is 11.1 Å². The van der Waals surface area contributed by atoms with Crippen molar-refractivity contribution in [2.24, 2.45) is 0 Å². The third-order valence-corrected chi connectivity index (χ3v) is 6.04. The maximum absolute atomic E-state index is 13.2. The molecule has 0 saturated heterocycles. The molecule has 5 nitrogen and oxygen atoms in total. The Morgan fingerprint density at radius 2 is 1.36 bits per heavy atom. The van der Waals surface area contributed by atoms with Crippen molar-refractivity contribution >= 4 is 17.4 Å². The van der Waals surface area contributed by atoms with E-state index in [1.165, 1.54) is 0 Å². The second-order valence-electron chi connectivity index (χ2n) is 8.69. The van der Waals surface area contributed by atoms with Crippen LogP contribution in [0.15, 0.2) is 125 Å². The lowest BCUT2D eigenvalue weighted by molar-refractivity contribution is -0.123. The molecule has 0 saturated carbocycles. The summed E-state index contributed by atoms with van der Waals surface area (Å²) in [5.74, 6) is 0.861. The number of hydrogen-bond donors (Lipinski definition) is 1. The fourth-order valence-electron chi connectivity index (χ4n) is 4.37. The number of benzene rings is 3. The molecule has 5 heteroatoms. The molecule has 2 aliphatic rings. The molecule has 0 spiro atoms. The molecule has 0 aromatic heterocycles. The molecule has 3 aromatic rings. The molecule has 1 unspecified atom stereocenters. The van der Waals surface area contributed by atoms with Gasteiger partial charge in [0.2, 0.25) is 0 Å². The Morgan fingerprint density at radius 1 is 0.750 bits per heavy atom. The van der Waals surface area contributed by atoms with Gasteiger partial charge in [0.15, 0.2) is 0 Å². The summed E-state index contributed by atoms with van der Waals surface area (Å²) in [6, 6.07) is 26.0. The van der Waals surface area contributed by atoms with E-state index in [2.05, 4.69) is 5.32 Å². The van der Waals surface area contributed by atoms with Crippen LogP contribution in [0.25, 0.3) is 5.57 Å². The van der Waals surface area contributed by atoms with E-state index < -0.39 is 17.9 Å². The first-order chi connectivity index (χ1) is 17.5. The molecule has 0 bridgehead atoms. The number of para-hydroxylation sites is 3. The van der Waals surface area contributed by atoms with Gasteiger partial charge >= 0.3 is 0 Å². The van der Waals surface area contributed by atoms with Crippen molar-refractivity contribution in [1.82, 2.24) is 5.32 Å². The molecule has 1 aliphatic heterocycles. The summed E-state index contributed by atoms with van der Waals surface area (Å²) in [7, 11) is 0. The van der Waals surface area contributed by atoms with Crippen LogP contribution in [0.1, 0.15) is 19.4 Å². The minimum absolute atomic E-state index is 0.267. The number of hydrogen-bond acceptors (Lipinski definition) is 4. The highest BCUT2D eigenvalue weighted by molar-refractivity contribution is 6.38. The Kier molecular flexibility index (Phi) is 6.37. The summed E-state index contributed by atoms with van der Waals surface area (Å²) in [5, 5.41) is 2.49. The third-order valence-electron chi connectivity index (χ3n) is 6.04. The zero-order valence-corrected chi connectivity index (χ0v) is 20.0. The standard InChI is InChI=1S/C31H25NO4/c1-20(2)23-17-11-18-25(29(23)36-22-14-7-4-8-15-22)28-27(30(33)32-31(28)34)24-16-9-10-19-26(24)35-21-12-5-3-6-13-21/h3-19,29H,1-2H3,(H,32,33,34).